The molecular weight excluding hydrogens is 366 g/mol. The number of aliphatic hydroxyl groups is 1. The molecule has 0 saturated carbocycles. The Hall–Kier alpha value is 1.90. The predicted molar refractivity (Wildman–Crippen MR) is 25.6 cm³/mol. The van der Waals surface area contributed by atoms with Crippen LogP contribution in [0, 0.1) is 5.92 Å². The fourth-order valence-corrected chi connectivity index (χ4v) is 0.0829. The molecule has 0 aliphatic carbocycles. The van der Waals surface area contributed by atoms with Gasteiger partial charge in [0.05, 0.1) is 12.5 Å². The van der Waals surface area contributed by atoms with E-state index in [1.165, 1.54) is 6.92 Å². The van der Waals surface area contributed by atoms with Gasteiger partial charge in [-0.1, -0.05) is 6.92 Å². The minimum Gasteiger partial charge on any atom is -0.667 e. The molecule has 5 heteroatoms. The van der Waals surface area contributed by atoms with Gasteiger partial charge in [-0.3, -0.25) is 0 Å². The third-order valence-corrected chi connectivity index (χ3v) is 0.721. The van der Waals surface area contributed by atoms with Gasteiger partial charge in [-0.05, 0) is 0 Å². The van der Waals surface area contributed by atoms with Crippen molar-refractivity contribution in [3.05, 3.63) is 5.73 Å². The molecular formula is C4H8NO2RbRe. The van der Waals surface area contributed by atoms with Gasteiger partial charge in [0.1, 0.15) is 0 Å². The van der Waals surface area contributed by atoms with Crippen molar-refractivity contribution in [3.8, 4) is 0 Å². The molecule has 0 bridgehead atoms. The Kier molecular flexibility index (Phi) is 18.8. The Labute approximate surface area is 117 Å². The zero-order valence-electron chi connectivity index (χ0n) is 5.52. The molecule has 2 N–H and O–H groups in total. The minimum atomic E-state index is -0.706. The molecule has 0 aromatic rings. The summed E-state index contributed by atoms with van der Waals surface area (Å²) in [5.74, 6) is -1.22. The number of hydrogen-bond acceptors (Lipinski definition) is 2. The minimum absolute atomic E-state index is 0. The van der Waals surface area contributed by atoms with E-state index in [0.717, 1.165) is 0 Å². The van der Waals surface area contributed by atoms with Crippen molar-refractivity contribution in [3.63, 3.8) is 0 Å². The Morgan fingerprint density at radius 3 is 2.11 bits per heavy atom. The van der Waals surface area contributed by atoms with Crippen molar-refractivity contribution in [1.82, 2.24) is 0 Å². The number of hydrogen-bond donors (Lipinski definition) is 1. The van der Waals surface area contributed by atoms with E-state index >= 15 is 0 Å². The number of rotatable bonds is 2. The van der Waals surface area contributed by atoms with E-state index in [1.807, 2.05) is 0 Å². The third kappa shape index (κ3) is 9.90. The van der Waals surface area contributed by atoms with E-state index in [1.54, 1.807) is 0 Å². The maximum absolute atomic E-state index is 9.88. The first-order valence-corrected chi connectivity index (χ1v) is 2.04. The van der Waals surface area contributed by atoms with Gasteiger partial charge >= 0.3 is 58.2 Å². The molecule has 0 aromatic heterocycles. The van der Waals surface area contributed by atoms with Crippen molar-refractivity contribution in [2.75, 3.05) is 6.61 Å². The SMILES string of the molecule is CC(CO)C([NH-])=O.[Rb+].[Re]. The summed E-state index contributed by atoms with van der Waals surface area (Å²) in [5, 5.41) is 8.16. The first kappa shape index (κ1) is 17.1. The number of aliphatic hydroxyl groups excluding tert-OH is 1. The molecule has 1 unspecified atom stereocenters. The third-order valence-electron chi connectivity index (χ3n) is 0.721. The summed E-state index contributed by atoms with van der Waals surface area (Å²) in [6.45, 7) is 1.29. The van der Waals surface area contributed by atoms with Gasteiger partial charge in [-0.15, -0.1) is 0 Å². The van der Waals surface area contributed by atoms with Crippen LogP contribution >= 0.6 is 0 Å². The van der Waals surface area contributed by atoms with E-state index in [0.29, 0.717) is 0 Å². The summed E-state index contributed by atoms with van der Waals surface area (Å²) in [5.41, 5.74) is 6.38. The second-order valence-corrected chi connectivity index (χ2v) is 1.45. The first-order valence-electron chi connectivity index (χ1n) is 2.04. The van der Waals surface area contributed by atoms with E-state index in [-0.39, 0.29) is 85.2 Å². The monoisotopic (exact) mass is 374 g/mol. The zero-order chi connectivity index (χ0) is 5.86. The maximum atomic E-state index is 9.88. The van der Waals surface area contributed by atoms with Crippen LogP contribution in [0.5, 0.6) is 0 Å². The van der Waals surface area contributed by atoms with Crippen molar-refractivity contribution in [1.29, 1.82) is 0 Å². The van der Waals surface area contributed by atoms with Crippen molar-refractivity contribution in [2.45, 2.75) is 6.92 Å². The van der Waals surface area contributed by atoms with Crippen molar-refractivity contribution in [2.24, 2.45) is 5.92 Å². The average molecular weight is 374 g/mol. The largest absolute Gasteiger partial charge is 1.00 e. The molecule has 0 rings (SSSR count). The number of carbonyl (C=O) groups excluding carboxylic acids is 1. The van der Waals surface area contributed by atoms with Crippen LogP contribution in [0.2, 0.25) is 0 Å². The Morgan fingerprint density at radius 1 is 1.78 bits per heavy atom. The zero-order valence-corrected chi connectivity index (χ0v) is 13.1. The molecule has 1 radical (unpaired) electrons. The van der Waals surface area contributed by atoms with E-state index < -0.39 is 11.8 Å². The molecule has 0 heterocycles. The van der Waals surface area contributed by atoms with Gasteiger partial charge in [-0.25, -0.2) is 0 Å². The summed E-state index contributed by atoms with van der Waals surface area (Å²) in [7, 11) is 0. The van der Waals surface area contributed by atoms with Gasteiger partial charge in [0.25, 0.3) is 0 Å². The van der Waals surface area contributed by atoms with Gasteiger partial charge in [0.2, 0.25) is 0 Å². The van der Waals surface area contributed by atoms with Crippen LogP contribution in [0.3, 0.4) is 0 Å². The predicted octanol–water partition coefficient (Wildman–Crippen LogP) is -2.80. The van der Waals surface area contributed by atoms with Crippen LogP contribution in [0.15, 0.2) is 0 Å². The van der Waals surface area contributed by atoms with Gasteiger partial charge in [0.15, 0.2) is 0 Å². The molecule has 1 atom stereocenters. The van der Waals surface area contributed by atoms with Crippen molar-refractivity contribution >= 4 is 5.91 Å². The molecule has 0 spiro atoms. The summed E-state index contributed by atoms with van der Waals surface area (Å²) in [4.78, 5) is 9.88. The summed E-state index contributed by atoms with van der Waals surface area (Å²) in [6.07, 6.45) is 0. The van der Waals surface area contributed by atoms with E-state index in [2.05, 4.69) is 0 Å². The van der Waals surface area contributed by atoms with Crippen LogP contribution in [0.1, 0.15) is 6.92 Å². The average Bonchev–Trinajstić information content (AvgIpc) is 1.65. The van der Waals surface area contributed by atoms with Gasteiger partial charge < -0.3 is 15.6 Å². The molecule has 1 amide bonds. The number of nitrogens with one attached hydrogen (secondary N) is 1. The summed E-state index contributed by atoms with van der Waals surface area (Å²) in [6, 6.07) is 0. The van der Waals surface area contributed by atoms with E-state index in [4.69, 9.17) is 10.8 Å². The maximum Gasteiger partial charge on any atom is 1.00 e. The summed E-state index contributed by atoms with van der Waals surface area (Å²) < 4.78 is 0. The van der Waals surface area contributed by atoms with Crippen LogP contribution < -0.4 is 58.2 Å². The Morgan fingerprint density at radius 2 is 2.11 bits per heavy atom. The Bertz CT molecular complexity index is 81.0. The van der Waals surface area contributed by atoms with Gasteiger partial charge in [-0.2, -0.15) is 0 Å². The fraction of sp³-hybridized carbons (Fsp3) is 0.750. The standard InChI is InChI=1S/C4H9NO2.Rb.Re/c1-3(2-6)4(5)7;;/h3,6H,2H2,1H3,(H2,5,7);;/q;+1;/p-1. The normalized spacial score (nSPS) is 10.4. The van der Waals surface area contributed by atoms with Crippen molar-refractivity contribution < 1.29 is 88.5 Å². The summed E-state index contributed by atoms with van der Waals surface area (Å²) >= 11 is 0. The molecule has 49 valence electrons. The molecule has 0 aromatic carbocycles. The molecule has 0 saturated heterocycles. The topological polar surface area (TPSA) is 61.1 Å². The quantitative estimate of drug-likeness (QED) is 0.568. The first-order chi connectivity index (χ1) is 3.18. The van der Waals surface area contributed by atoms with Crippen LogP contribution in [0.25, 0.3) is 5.73 Å². The second kappa shape index (κ2) is 9.90. The molecule has 3 nitrogen and oxygen atoms in total. The molecule has 0 fully saturated rings. The molecule has 9 heavy (non-hydrogen) atoms. The van der Waals surface area contributed by atoms with Crippen LogP contribution in [-0.4, -0.2) is 17.6 Å². The van der Waals surface area contributed by atoms with E-state index in [9.17, 15) is 4.79 Å². The van der Waals surface area contributed by atoms with Crippen LogP contribution in [-0.2, 0) is 25.2 Å². The second-order valence-electron chi connectivity index (χ2n) is 1.45. The van der Waals surface area contributed by atoms with Crippen LogP contribution in [0.4, 0.5) is 0 Å². The smallest absolute Gasteiger partial charge is 0.667 e. The Balaban J connectivity index is -0.000000180. The molecule has 0 aliphatic heterocycles. The fourth-order valence-electron chi connectivity index (χ4n) is 0.0829. The molecule has 0 aliphatic rings. The number of amides is 1. The van der Waals surface area contributed by atoms with Gasteiger partial charge in [0, 0.05) is 26.3 Å². The number of carbonyl (C=O) groups is 1.